The minimum Gasteiger partial charge on any atom is -0.493 e. The van der Waals surface area contributed by atoms with Crippen LogP contribution in [-0.4, -0.2) is 25.7 Å². The van der Waals surface area contributed by atoms with Crippen LogP contribution in [0.25, 0.3) is 0 Å². The van der Waals surface area contributed by atoms with Gasteiger partial charge in [-0.15, -0.1) is 0 Å². The molecule has 0 bridgehead atoms. The van der Waals surface area contributed by atoms with Crippen molar-refractivity contribution in [3.05, 3.63) is 34.4 Å². The lowest BCUT2D eigenvalue weighted by atomic mass is 10.3. The molecule has 0 unspecified atom stereocenters. The van der Waals surface area contributed by atoms with Crippen molar-refractivity contribution in [2.24, 2.45) is 5.14 Å². The van der Waals surface area contributed by atoms with Crippen molar-refractivity contribution in [2.45, 2.75) is 12.8 Å². The Morgan fingerprint density at radius 3 is 2.67 bits per heavy atom. The van der Waals surface area contributed by atoms with Gasteiger partial charge in [-0.25, -0.2) is 13.6 Å². The van der Waals surface area contributed by atoms with Gasteiger partial charge in [0.05, 0.1) is 23.3 Å². The van der Waals surface area contributed by atoms with Gasteiger partial charge in [-0.2, -0.15) is 0 Å². The molecule has 0 amide bonds. The molecular formula is C10H14N2O5S. The Balaban J connectivity index is 2.36. The van der Waals surface area contributed by atoms with Crippen LogP contribution in [-0.2, 0) is 10.0 Å². The zero-order valence-corrected chi connectivity index (χ0v) is 10.4. The van der Waals surface area contributed by atoms with Crippen LogP contribution < -0.4 is 9.88 Å². The Bertz CT molecular complexity index is 515. The van der Waals surface area contributed by atoms with Crippen molar-refractivity contribution in [1.82, 2.24) is 0 Å². The zero-order chi connectivity index (χ0) is 13.6. The maximum absolute atomic E-state index is 10.6. The predicted molar refractivity (Wildman–Crippen MR) is 65.8 cm³/mol. The molecule has 1 aromatic rings. The van der Waals surface area contributed by atoms with E-state index >= 15 is 0 Å². The molecule has 100 valence electrons. The minimum atomic E-state index is -3.43. The van der Waals surface area contributed by atoms with Crippen molar-refractivity contribution in [3.63, 3.8) is 0 Å². The fraction of sp³-hybridized carbons (Fsp3) is 0.400. The molecule has 0 saturated carbocycles. The summed E-state index contributed by atoms with van der Waals surface area (Å²) in [6.45, 7) is 0.288. The van der Waals surface area contributed by atoms with E-state index < -0.39 is 14.9 Å². The largest absolute Gasteiger partial charge is 0.493 e. The Kier molecular flexibility index (Phi) is 5.05. The van der Waals surface area contributed by atoms with Crippen LogP contribution in [0.3, 0.4) is 0 Å². The van der Waals surface area contributed by atoms with Crippen molar-refractivity contribution < 1.29 is 18.1 Å². The number of non-ortho nitro benzene ring substituents is 1. The van der Waals surface area contributed by atoms with Gasteiger partial charge >= 0.3 is 0 Å². The molecule has 0 spiro atoms. The molecule has 18 heavy (non-hydrogen) atoms. The number of nitro groups is 1. The van der Waals surface area contributed by atoms with Crippen LogP contribution in [0.5, 0.6) is 5.75 Å². The van der Waals surface area contributed by atoms with E-state index in [1.165, 1.54) is 18.2 Å². The highest BCUT2D eigenvalue weighted by Gasteiger charge is 2.06. The number of hydrogen-bond acceptors (Lipinski definition) is 5. The smallest absolute Gasteiger partial charge is 0.273 e. The molecule has 1 aromatic carbocycles. The highest BCUT2D eigenvalue weighted by molar-refractivity contribution is 7.89. The summed E-state index contributed by atoms with van der Waals surface area (Å²) in [4.78, 5) is 10.0. The lowest BCUT2D eigenvalue weighted by molar-refractivity contribution is -0.384. The van der Waals surface area contributed by atoms with Gasteiger partial charge in [0.25, 0.3) is 5.69 Å². The van der Waals surface area contributed by atoms with E-state index in [0.29, 0.717) is 18.6 Å². The topological polar surface area (TPSA) is 113 Å². The Morgan fingerprint density at radius 2 is 2.06 bits per heavy atom. The standard InChI is InChI=1S/C10H14N2O5S/c11-18(15,16)7-2-1-6-17-10-5-3-4-9(8-10)12(13)14/h3-5,8H,1-2,6-7H2,(H2,11,15,16). The first-order chi connectivity index (χ1) is 8.38. The van der Waals surface area contributed by atoms with E-state index in [1.807, 2.05) is 0 Å². The maximum atomic E-state index is 10.6. The molecule has 0 aliphatic heterocycles. The number of ether oxygens (including phenoxy) is 1. The van der Waals surface area contributed by atoms with Gasteiger partial charge in [0.15, 0.2) is 0 Å². The number of nitrogens with two attached hydrogens (primary N) is 1. The van der Waals surface area contributed by atoms with Gasteiger partial charge in [0.1, 0.15) is 5.75 Å². The second-order valence-corrected chi connectivity index (χ2v) is 5.41. The fourth-order valence-electron chi connectivity index (χ4n) is 1.28. The molecule has 0 saturated heterocycles. The number of primary sulfonamides is 1. The molecule has 0 aliphatic carbocycles. The molecule has 1 rings (SSSR count). The number of nitro benzene ring substituents is 1. The summed E-state index contributed by atoms with van der Waals surface area (Å²) in [5.74, 6) is 0.297. The first-order valence-corrected chi connectivity index (χ1v) is 6.98. The summed E-state index contributed by atoms with van der Waals surface area (Å²) in [5, 5.41) is 15.3. The summed E-state index contributed by atoms with van der Waals surface area (Å²) in [5.41, 5.74) is -0.0444. The van der Waals surface area contributed by atoms with Crippen LogP contribution >= 0.6 is 0 Å². The normalized spacial score (nSPS) is 11.2. The van der Waals surface area contributed by atoms with E-state index in [1.54, 1.807) is 6.07 Å². The van der Waals surface area contributed by atoms with Crippen LogP contribution in [0.4, 0.5) is 5.69 Å². The summed E-state index contributed by atoms with van der Waals surface area (Å²) in [6, 6.07) is 5.82. The lowest BCUT2D eigenvalue weighted by Crippen LogP contribution is -2.16. The number of unbranched alkanes of at least 4 members (excludes halogenated alkanes) is 1. The predicted octanol–water partition coefficient (Wildman–Crippen LogP) is 1.04. The molecule has 0 atom stereocenters. The van der Waals surface area contributed by atoms with Crippen molar-refractivity contribution in [2.75, 3.05) is 12.4 Å². The first kappa shape index (κ1) is 14.4. The van der Waals surface area contributed by atoms with Gasteiger partial charge < -0.3 is 4.74 Å². The molecular weight excluding hydrogens is 260 g/mol. The maximum Gasteiger partial charge on any atom is 0.273 e. The molecule has 0 aliphatic rings. The quantitative estimate of drug-likeness (QED) is 0.453. The van der Waals surface area contributed by atoms with E-state index in [9.17, 15) is 18.5 Å². The summed E-state index contributed by atoms with van der Waals surface area (Å²) in [6.07, 6.45) is 0.910. The number of rotatable bonds is 7. The monoisotopic (exact) mass is 274 g/mol. The molecule has 0 radical (unpaired) electrons. The third-order valence-electron chi connectivity index (χ3n) is 2.12. The second kappa shape index (κ2) is 6.31. The van der Waals surface area contributed by atoms with Crippen molar-refractivity contribution in [3.8, 4) is 5.75 Å². The van der Waals surface area contributed by atoms with Crippen LogP contribution in [0.1, 0.15) is 12.8 Å². The Labute approximate surface area is 105 Å². The summed E-state index contributed by atoms with van der Waals surface area (Å²) < 4.78 is 26.6. The minimum absolute atomic E-state index is 0.0444. The van der Waals surface area contributed by atoms with Crippen LogP contribution in [0.2, 0.25) is 0 Å². The van der Waals surface area contributed by atoms with Gasteiger partial charge in [-0.3, -0.25) is 10.1 Å². The highest BCUT2D eigenvalue weighted by atomic mass is 32.2. The number of hydrogen-bond donors (Lipinski definition) is 1. The first-order valence-electron chi connectivity index (χ1n) is 5.26. The zero-order valence-electron chi connectivity index (χ0n) is 9.61. The van der Waals surface area contributed by atoms with Crippen LogP contribution in [0.15, 0.2) is 24.3 Å². The van der Waals surface area contributed by atoms with Gasteiger partial charge in [-0.1, -0.05) is 6.07 Å². The van der Waals surface area contributed by atoms with E-state index in [0.717, 1.165) is 0 Å². The molecule has 7 nitrogen and oxygen atoms in total. The highest BCUT2D eigenvalue weighted by Crippen LogP contribution is 2.19. The summed E-state index contributed by atoms with van der Waals surface area (Å²) >= 11 is 0. The third kappa shape index (κ3) is 5.60. The molecule has 8 heteroatoms. The van der Waals surface area contributed by atoms with E-state index in [2.05, 4.69) is 0 Å². The lowest BCUT2D eigenvalue weighted by Gasteiger charge is -2.05. The van der Waals surface area contributed by atoms with Gasteiger partial charge in [0.2, 0.25) is 10.0 Å². The average molecular weight is 274 g/mol. The van der Waals surface area contributed by atoms with Gasteiger partial charge in [0, 0.05) is 6.07 Å². The van der Waals surface area contributed by atoms with Crippen LogP contribution in [0, 0.1) is 10.1 Å². The Morgan fingerprint density at radius 1 is 1.33 bits per heavy atom. The number of nitrogens with zero attached hydrogens (tertiary/aromatic N) is 1. The molecule has 0 heterocycles. The molecule has 0 fully saturated rings. The Hall–Kier alpha value is -1.67. The number of benzene rings is 1. The average Bonchev–Trinajstić information content (AvgIpc) is 2.27. The molecule has 2 N–H and O–H groups in total. The summed E-state index contributed by atoms with van der Waals surface area (Å²) in [7, 11) is -3.43. The van der Waals surface area contributed by atoms with E-state index in [-0.39, 0.29) is 18.0 Å². The van der Waals surface area contributed by atoms with Crippen molar-refractivity contribution in [1.29, 1.82) is 0 Å². The van der Waals surface area contributed by atoms with Gasteiger partial charge in [-0.05, 0) is 18.9 Å². The fourth-order valence-corrected chi connectivity index (χ4v) is 1.89. The molecule has 0 aromatic heterocycles. The second-order valence-electron chi connectivity index (χ2n) is 3.68. The van der Waals surface area contributed by atoms with E-state index in [4.69, 9.17) is 9.88 Å². The third-order valence-corrected chi connectivity index (χ3v) is 2.98. The van der Waals surface area contributed by atoms with Crippen molar-refractivity contribution >= 4 is 15.7 Å². The SMILES string of the molecule is NS(=O)(=O)CCCCOc1cccc([N+](=O)[O-])c1. The number of sulfonamides is 1.